The van der Waals surface area contributed by atoms with Crippen molar-refractivity contribution in [3.63, 3.8) is 0 Å². The summed E-state index contributed by atoms with van der Waals surface area (Å²) in [6, 6.07) is 5.52. The lowest BCUT2D eigenvalue weighted by Crippen LogP contribution is -2.51. The molecular weight excluding hydrogens is 416 g/mol. The molecule has 0 aromatic carbocycles. The number of aromatic nitrogens is 2. The molecule has 2 aromatic heterocycles. The third kappa shape index (κ3) is 3.84. The predicted octanol–water partition coefficient (Wildman–Crippen LogP) is 3.53. The topological polar surface area (TPSA) is 75.9 Å². The molecule has 1 saturated heterocycles. The number of methoxy groups -OCH3 is 1. The first-order valence-corrected chi connectivity index (χ1v) is 12.6. The number of imidazole rings is 1. The number of hydrogen-bond acceptors (Lipinski definition) is 4. The zero-order valence-corrected chi connectivity index (χ0v) is 19.5. The van der Waals surface area contributed by atoms with E-state index in [2.05, 4.69) is 10.3 Å². The maximum atomic E-state index is 13.2. The maximum absolute atomic E-state index is 13.2. The highest BCUT2D eigenvalue weighted by atomic mass is 16.5. The lowest BCUT2D eigenvalue weighted by molar-refractivity contribution is -0.0503. The molecule has 2 aromatic rings. The van der Waals surface area contributed by atoms with Crippen molar-refractivity contribution in [2.75, 3.05) is 26.7 Å². The highest BCUT2D eigenvalue weighted by molar-refractivity contribution is 5.95. The average Bonchev–Trinajstić information content (AvgIpc) is 3.26. The van der Waals surface area contributed by atoms with Crippen molar-refractivity contribution < 1.29 is 14.3 Å². The molecule has 5 fully saturated rings. The number of carbonyl (C=O) groups is 2. The monoisotopic (exact) mass is 450 g/mol. The SMILES string of the molecule is COC1CCN(C(=O)c2cn3c(C(=O)NCC45CC6CC(CC(C6)C4)C5)cccc3n2)CC1. The van der Waals surface area contributed by atoms with Gasteiger partial charge in [0.1, 0.15) is 17.0 Å². The molecule has 7 heteroatoms. The Kier molecular flexibility index (Phi) is 5.20. The number of pyridine rings is 1. The van der Waals surface area contributed by atoms with Gasteiger partial charge in [-0.25, -0.2) is 4.98 Å². The Balaban J connectivity index is 1.17. The van der Waals surface area contributed by atoms with E-state index in [9.17, 15) is 9.59 Å². The van der Waals surface area contributed by atoms with Gasteiger partial charge in [0.15, 0.2) is 0 Å². The Hall–Kier alpha value is -2.41. The Labute approximate surface area is 194 Å². The molecular formula is C26H34N4O3. The van der Waals surface area contributed by atoms with Crippen LogP contribution in [0, 0.1) is 23.2 Å². The van der Waals surface area contributed by atoms with Gasteiger partial charge in [0.05, 0.1) is 6.10 Å². The van der Waals surface area contributed by atoms with E-state index >= 15 is 0 Å². The highest BCUT2D eigenvalue weighted by Gasteiger charge is 2.50. The molecule has 176 valence electrons. The standard InChI is InChI=1S/C26H34N4O3/c1-33-20-5-7-29(8-6-20)25(32)21-15-30-22(3-2-4-23(30)28-21)24(31)27-16-26-12-17-9-18(13-26)11-19(10-17)14-26/h2-4,15,17-20H,5-14,16H2,1H3,(H,27,31). The third-order valence-electron chi connectivity index (χ3n) is 8.80. The molecule has 1 aliphatic heterocycles. The van der Waals surface area contributed by atoms with Crippen LogP contribution in [0.2, 0.25) is 0 Å². The van der Waals surface area contributed by atoms with Gasteiger partial charge < -0.3 is 15.0 Å². The van der Waals surface area contributed by atoms with Crippen molar-refractivity contribution in [2.45, 2.75) is 57.5 Å². The zero-order chi connectivity index (χ0) is 22.6. The van der Waals surface area contributed by atoms with Crippen LogP contribution in [0.25, 0.3) is 5.65 Å². The molecule has 4 saturated carbocycles. The van der Waals surface area contributed by atoms with Crippen LogP contribution < -0.4 is 5.32 Å². The molecule has 3 heterocycles. The van der Waals surface area contributed by atoms with Crippen LogP contribution in [0.15, 0.2) is 24.4 Å². The van der Waals surface area contributed by atoms with E-state index in [1.165, 1.54) is 38.5 Å². The van der Waals surface area contributed by atoms with Crippen molar-refractivity contribution in [3.05, 3.63) is 35.8 Å². The largest absolute Gasteiger partial charge is 0.381 e. The number of rotatable bonds is 5. The first kappa shape index (κ1) is 21.1. The normalized spacial score (nSPS) is 31.3. The zero-order valence-electron chi connectivity index (χ0n) is 19.5. The van der Waals surface area contributed by atoms with Crippen LogP contribution in [0.5, 0.6) is 0 Å². The predicted molar refractivity (Wildman–Crippen MR) is 124 cm³/mol. The van der Waals surface area contributed by atoms with Crippen molar-refractivity contribution in [1.82, 2.24) is 19.6 Å². The summed E-state index contributed by atoms with van der Waals surface area (Å²) in [5.41, 5.74) is 1.87. The quantitative estimate of drug-likeness (QED) is 0.756. The molecule has 4 bridgehead atoms. The number of ether oxygens (including phenoxy) is 1. The average molecular weight is 451 g/mol. The summed E-state index contributed by atoms with van der Waals surface area (Å²) in [5, 5.41) is 3.26. The van der Waals surface area contributed by atoms with Gasteiger partial charge in [0.2, 0.25) is 0 Å². The van der Waals surface area contributed by atoms with Crippen molar-refractivity contribution in [2.24, 2.45) is 23.2 Å². The van der Waals surface area contributed by atoms with Crippen molar-refractivity contribution >= 4 is 17.5 Å². The summed E-state index contributed by atoms with van der Waals surface area (Å²) in [7, 11) is 1.72. The maximum Gasteiger partial charge on any atom is 0.274 e. The summed E-state index contributed by atoms with van der Waals surface area (Å²) in [6.45, 7) is 2.11. The molecule has 0 atom stereocenters. The number of nitrogens with zero attached hydrogens (tertiary/aromatic N) is 3. The van der Waals surface area contributed by atoms with Crippen LogP contribution >= 0.6 is 0 Å². The van der Waals surface area contributed by atoms with E-state index in [1.807, 2.05) is 23.1 Å². The number of fused-ring (bicyclic) bond motifs is 1. The Morgan fingerprint density at radius 3 is 2.39 bits per heavy atom. The van der Waals surface area contributed by atoms with E-state index in [4.69, 9.17) is 4.74 Å². The lowest BCUT2D eigenvalue weighted by atomic mass is 9.49. The summed E-state index contributed by atoms with van der Waals surface area (Å²) in [4.78, 5) is 32.7. The first-order chi connectivity index (χ1) is 16.0. The van der Waals surface area contributed by atoms with Gasteiger partial charge >= 0.3 is 0 Å². The molecule has 2 amide bonds. The van der Waals surface area contributed by atoms with Gasteiger partial charge in [-0.1, -0.05) is 6.07 Å². The summed E-state index contributed by atoms with van der Waals surface area (Å²) in [6.07, 6.45) is 11.7. The number of amides is 2. The molecule has 7 rings (SSSR count). The van der Waals surface area contributed by atoms with Crippen molar-refractivity contribution in [1.29, 1.82) is 0 Å². The molecule has 4 aliphatic carbocycles. The Morgan fingerprint density at radius 2 is 1.76 bits per heavy atom. The van der Waals surface area contributed by atoms with Crippen LogP contribution in [0.1, 0.15) is 72.3 Å². The number of nitrogens with one attached hydrogen (secondary N) is 1. The second-order valence-corrected chi connectivity index (χ2v) is 11.1. The summed E-state index contributed by atoms with van der Waals surface area (Å²) < 4.78 is 7.18. The molecule has 7 nitrogen and oxygen atoms in total. The molecule has 33 heavy (non-hydrogen) atoms. The van der Waals surface area contributed by atoms with Crippen molar-refractivity contribution in [3.8, 4) is 0 Å². The van der Waals surface area contributed by atoms with Gasteiger partial charge in [-0.3, -0.25) is 14.0 Å². The van der Waals surface area contributed by atoms with E-state index < -0.39 is 0 Å². The molecule has 5 aliphatic rings. The van der Waals surface area contributed by atoms with E-state index in [-0.39, 0.29) is 17.9 Å². The van der Waals surface area contributed by atoms with Crippen LogP contribution in [0.3, 0.4) is 0 Å². The lowest BCUT2D eigenvalue weighted by Gasteiger charge is -2.56. The van der Waals surface area contributed by atoms with Crippen LogP contribution in [-0.2, 0) is 4.74 Å². The van der Waals surface area contributed by atoms with Gasteiger partial charge in [0.25, 0.3) is 11.8 Å². The van der Waals surface area contributed by atoms with Gasteiger partial charge in [-0.15, -0.1) is 0 Å². The fraction of sp³-hybridized carbons (Fsp3) is 0.654. The van der Waals surface area contributed by atoms with E-state index in [0.29, 0.717) is 35.5 Å². The molecule has 0 unspecified atom stereocenters. The number of likely N-dealkylation sites (tertiary alicyclic amines) is 1. The number of hydrogen-bond donors (Lipinski definition) is 1. The second kappa shape index (κ2) is 8.12. The number of carbonyl (C=O) groups excluding carboxylic acids is 2. The van der Waals surface area contributed by atoms with E-state index in [1.54, 1.807) is 17.7 Å². The summed E-state index contributed by atoms with van der Waals surface area (Å²) in [5.74, 6) is 2.45. The Morgan fingerprint density at radius 1 is 1.09 bits per heavy atom. The Bertz CT molecular complexity index is 1030. The smallest absolute Gasteiger partial charge is 0.274 e. The minimum Gasteiger partial charge on any atom is -0.381 e. The highest BCUT2D eigenvalue weighted by Crippen LogP contribution is 2.59. The molecule has 0 radical (unpaired) electrons. The van der Waals surface area contributed by atoms with Crippen LogP contribution in [-0.4, -0.2) is 58.9 Å². The fourth-order valence-electron chi connectivity index (χ4n) is 7.62. The minimum absolute atomic E-state index is 0.0753. The fourth-order valence-corrected chi connectivity index (χ4v) is 7.62. The molecule has 1 N–H and O–H groups in total. The van der Waals surface area contributed by atoms with Crippen LogP contribution in [0.4, 0.5) is 0 Å². The minimum atomic E-state index is -0.0758. The molecule has 0 spiro atoms. The third-order valence-corrected chi connectivity index (χ3v) is 8.80. The number of piperidine rings is 1. The summed E-state index contributed by atoms with van der Waals surface area (Å²) >= 11 is 0. The van der Waals surface area contributed by atoms with Gasteiger partial charge in [-0.05, 0) is 86.7 Å². The van der Waals surface area contributed by atoms with Gasteiger partial charge in [0, 0.05) is 32.9 Å². The van der Waals surface area contributed by atoms with E-state index in [0.717, 1.165) is 37.1 Å². The van der Waals surface area contributed by atoms with Gasteiger partial charge in [-0.2, -0.15) is 0 Å². The first-order valence-electron chi connectivity index (χ1n) is 12.6. The second-order valence-electron chi connectivity index (χ2n) is 11.1.